The molecule has 0 bridgehead atoms. The summed E-state index contributed by atoms with van der Waals surface area (Å²) in [4.78, 5) is 2.46. The van der Waals surface area contributed by atoms with Crippen molar-refractivity contribution in [2.75, 3.05) is 17.2 Å². The van der Waals surface area contributed by atoms with E-state index < -0.39 is 0 Å². The minimum atomic E-state index is 0.608. The highest BCUT2D eigenvalue weighted by atomic mass is 15.4. The molecule has 0 aliphatic carbocycles. The van der Waals surface area contributed by atoms with E-state index in [1.807, 2.05) is 11.7 Å². The van der Waals surface area contributed by atoms with Gasteiger partial charge in [-0.25, -0.2) is 0 Å². The average molecular weight is 250 g/mol. The van der Waals surface area contributed by atoms with E-state index in [4.69, 9.17) is 5.73 Å². The molecule has 0 spiro atoms. The monoisotopic (exact) mass is 250 g/mol. The fraction of sp³-hybridized carbons (Fsp3) is 0.786. The van der Waals surface area contributed by atoms with Crippen LogP contribution in [0.1, 0.15) is 45.7 Å². The normalized spacial score (nSPS) is 20.1. The molecule has 4 heteroatoms. The summed E-state index contributed by atoms with van der Waals surface area (Å²) in [7, 11) is 2.01. The lowest BCUT2D eigenvalue weighted by Gasteiger charge is -2.29. The fourth-order valence-corrected chi connectivity index (χ4v) is 3.10. The summed E-state index contributed by atoms with van der Waals surface area (Å²) >= 11 is 0. The SMILES string of the molecule is CCCc1nn(C)c(N2CCCC2C(C)C)c1N. The number of nitrogens with zero attached hydrogens (tertiary/aromatic N) is 3. The molecule has 1 aromatic rings. The van der Waals surface area contributed by atoms with Crippen molar-refractivity contribution in [1.82, 2.24) is 9.78 Å². The van der Waals surface area contributed by atoms with Crippen molar-refractivity contribution in [3.8, 4) is 0 Å². The van der Waals surface area contributed by atoms with Crippen LogP contribution in [-0.4, -0.2) is 22.4 Å². The number of anilines is 2. The third-order valence-electron chi connectivity index (χ3n) is 3.96. The predicted octanol–water partition coefficient (Wildman–Crippen LogP) is 2.58. The average Bonchev–Trinajstić information content (AvgIpc) is 2.86. The number of rotatable bonds is 4. The molecule has 1 saturated heterocycles. The molecule has 4 nitrogen and oxygen atoms in total. The Bertz CT molecular complexity index is 408. The van der Waals surface area contributed by atoms with Crippen LogP contribution >= 0.6 is 0 Å². The molecule has 2 heterocycles. The molecular weight excluding hydrogens is 224 g/mol. The summed E-state index contributed by atoms with van der Waals surface area (Å²) in [6.07, 6.45) is 4.59. The summed E-state index contributed by atoms with van der Waals surface area (Å²) in [5.74, 6) is 1.80. The van der Waals surface area contributed by atoms with Crippen LogP contribution in [0.3, 0.4) is 0 Å². The first-order valence-corrected chi connectivity index (χ1v) is 7.14. The Morgan fingerprint density at radius 2 is 2.17 bits per heavy atom. The van der Waals surface area contributed by atoms with E-state index in [0.29, 0.717) is 12.0 Å². The van der Waals surface area contributed by atoms with Gasteiger partial charge in [0.15, 0.2) is 5.82 Å². The fourth-order valence-electron chi connectivity index (χ4n) is 3.10. The molecule has 0 radical (unpaired) electrons. The number of nitrogens with two attached hydrogens (primary N) is 1. The lowest BCUT2D eigenvalue weighted by molar-refractivity contribution is 0.485. The van der Waals surface area contributed by atoms with Gasteiger partial charge in [-0.1, -0.05) is 27.2 Å². The summed E-state index contributed by atoms with van der Waals surface area (Å²) < 4.78 is 1.97. The van der Waals surface area contributed by atoms with Crippen LogP contribution < -0.4 is 10.6 Å². The van der Waals surface area contributed by atoms with Crippen molar-refractivity contribution >= 4 is 11.5 Å². The predicted molar refractivity (Wildman–Crippen MR) is 76.8 cm³/mol. The molecule has 2 rings (SSSR count). The minimum Gasteiger partial charge on any atom is -0.394 e. The summed E-state index contributed by atoms with van der Waals surface area (Å²) in [5, 5.41) is 4.59. The van der Waals surface area contributed by atoms with Crippen LogP contribution in [0.2, 0.25) is 0 Å². The van der Waals surface area contributed by atoms with E-state index in [1.54, 1.807) is 0 Å². The van der Waals surface area contributed by atoms with Gasteiger partial charge in [0.2, 0.25) is 0 Å². The molecule has 2 N–H and O–H groups in total. The lowest BCUT2D eigenvalue weighted by atomic mass is 10.0. The number of aryl methyl sites for hydroxylation is 2. The highest BCUT2D eigenvalue weighted by Gasteiger charge is 2.31. The maximum Gasteiger partial charge on any atom is 0.150 e. The van der Waals surface area contributed by atoms with E-state index in [1.165, 1.54) is 12.8 Å². The number of aromatic nitrogens is 2. The van der Waals surface area contributed by atoms with Crippen LogP contribution in [0.25, 0.3) is 0 Å². The second-order valence-electron chi connectivity index (χ2n) is 5.70. The zero-order valence-electron chi connectivity index (χ0n) is 12.1. The minimum absolute atomic E-state index is 0.608. The Kier molecular flexibility index (Phi) is 3.83. The standard InChI is InChI=1S/C14H26N4/c1-5-7-11-13(15)14(17(4)16-11)18-9-6-8-12(18)10(2)3/h10,12H,5-9,15H2,1-4H3. The Labute approximate surface area is 110 Å². The molecule has 1 aliphatic heterocycles. The van der Waals surface area contributed by atoms with Crippen LogP contribution in [0.4, 0.5) is 11.5 Å². The van der Waals surface area contributed by atoms with Crippen molar-refractivity contribution in [2.45, 2.75) is 52.5 Å². The van der Waals surface area contributed by atoms with Crippen molar-refractivity contribution in [3.63, 3.8) is 0 Å². The largest absolute Gasteiger partial charge is 0.394 e. The third-order valence-corrected chi connectivity index (χ3v) is 3.96. The first-order chi connectivity index (χ1) is 8.56. The lowest BCUT2D eigenvalue weighted by Crippen LogP contribution is -2.35. The molecule has 1 unspecified atom stereocenters. The molecule has 102 valence electrons. The van der Waals surface area contributed by atoms with E-state index in [-0.39, 0.29) is 0 Å². The van der Waals surface area contributed by atoms with E-state index in [0.717, 1.165) is 36.6 Å². The zero-order valence-corrected chi connectivity index (χ0v) is 12.1. The Balaban J connectivity index is 2.32. The molecule has 1 fully saturated rings. The van der Waals surface area contributed by atoms with Gasteiger partial charge in [0, 0.05) is 19.6 Å². The molecule has 18 heavy (non-hydrogen) atoms. The molecule has 1 atom stereocenters. The molecule has 0 aromatic carbocycles. The van der Waals surface area contributed by atoms with E-state index >= 15 is 0 Å². The van der Waals surface area contributed by atoms with Gasteiger partial charge in [-0.15, -0.1) is 0 Å². The first kappa shape index (κ1) is 13.2. The number of nitrogen functional groups attached to an aromatic ring is 1. The van der Waals surface area contributed by atoms with E-state index in [9.17, 15) is 0 Å². The quantitative estimate of drug-likeness (QED) is 0.893. The van der Waals surface area contributed by atoms with E-state index in [2.05, 4.69) is 30.8 Å². The maximum atomic E-state index is 6.31. The highest BCUT2D eigenvalue weighted by molar-refractivity contribution is 5.67. The Hall–Kier alpha value is -1.19. The summed E-state index contributed by atoms with van der Waals surface area (Å²) in [6.45, 7) is 7.86. The van der Waals surface area contributed by atoms with Gasteiger partial charge in [-0.2, -0.15) is 5.10 Å². The zero-order chi connectivity index (χ0) is 13.3. The molecular formula is C14H26N4. The topological polar surface area (TPSA) is 47.1 Å². The molecule has 1 aromatic heterocycles. The van der Waals surface area contributed by atoms with Gasteiger partial charge in [-0.05, 0) is 25.2 Å². The van der Waals surface area contributed by atoms with Gasteiger partial charge >= 0.3 is 0 Å². The van der Waals surface area contributed by atoms with Crippen molar-refractivity contribution in [1.29, 1.82) is 0 Å². The maximum absolute atomic E-state index is 6.31. The number of hydrogen-bond acceptors (Lipinski definition) is 3. The first-order valence-electron chi connectivity index (χ1n) is 7.14. The summed E-state index contributed by atoms with van der Waals surface area (Å²) in [5.41, 5.74) is 8.26. The molecule has 1 aliphatic rings. The van der Waals surface area contributed by atoms with Crippen molar-refractivity contribution in [2.24, 2.45) is 13.0 Å². The van der Waals surface area contributed by atoms with Gasteiger partial charge in [-0.3, -0.25) is 4.68 Å². The third kappa shape index (κ3) is 2.20. The number of hydrogen-bond donors (Lipinski definition) is 1. The van der Waals surface area contributed by atoms with Gasteiger partial charge in [0.1, 0.15) is 0 Å². The Morgan fingerprint density at radius 3 is 2.78 bits per heavy atom. The van der Waals surface area contributed by atoms with Crippen LogP contribution in [-0.2, 0) is 13.5 Å². The Morgan fingerprint density at radius 1 is 1.44 bits per heavy atom. The van der Waals surface area contributed by atoms with Gasteiger partial charge < -0.3 is 10.6 Å². The summed E-state index contributed by atoms with van der Waals surface area (Å²) in [6, 6.07) is 0.608. The van der Waals surface area contributed by atoms with Gasteiger partial charge in [0.05, 0.1) is 11.4 Å². The van der Waals surface area contributed by atoms with Crippen LogP contribution in [0, 0.1) is 5.92 Å². The van der Waals surface area contributed by atoms with Crippen molar-refractivity contribution < 1.29 is 0 Å². The van der Waals surface area contributed by atoms with Crippen LogP contribution in [0.5, 0.6) is 0 Å². The smallest absolute Gasteiger partial charge is 0.150 e. The highest BCUT2D eigenvalue weighted by Crippen LogP contribution is 2.34. The molecule has 0 amide bonds. The van der Waals surface area contributed by atoms with Crippen LogP contribution in [0.15, 0.2) is 0 Å². The van der Waals surface area contributed by atoms with Gasteiger partial charge in [0.25, 0.3) is 0 Å². The second kappa shape index (κ2) is 5.21. The van der Waals surface area contributed by atoms with Crippen molar-refractivity contribution in [3.05, 3.63) is 5.69 Å². The second-order valence-corrected chi connectivity index (χ2v) is 5.70. The molecule has 0 saturated carbocycles.